The molecule has 1 aromatic rings. The van der Waals surface area contributed by atoms with Gasteiger partial charge in [-0.25, -0.2) is 4.79 Å². The minimum atomic E-state index is -0.929. The number of ether oxygens (including phenoxy) is 1. The summed E-state index contributed by atoms with van der Waals surface area (Å²) < 4.78 is 5.36. The van der Waals surface area contributed by atoms with Gasteiger partial charge in [-0.2, -0.15) is 0 Å². The number of alkyl carbamates (subject to hydrolysis) is 1. The quantitative estimate of drug-likeness (QED) is 0.506. The molecule has 3 N–H and O–H groups in total. The number of carbonyl (C=O) groups is 2. The molecule has 0 saturated carbocycles. The molecule has 1 rings (SSSR count). The third-order valence-electron chi connectivity index (χ3n) is 4.57. The Morgan fingerprint density at radius 2 is 1.55 bits per heavy atom. The molecular weight excluding hydrogens is 368 g/mol. The van der Waals surface area contributed by atoms with Gasteiger partial charge in [0.25, 0.3) is 0 Å². The number of amides is 1. The second kappa shape index (κ2) is 10.1. The summed E-state index contributed by atoms with van der Waals surface area (Å²) >= 11 is 0. The van der Waals surface area contributed by atoms with Gasteiger partial charge in [0.05, 0.1) is 5.66 Å². The Labute approximate surface area is 175 Å². The van der Waals surface area contributed by atoms with E-state index in [0.717, 1.165) is 12.0 Å². The van der Waals surface area contributed by atoms with E-state index in [2.05, 4.69) is 31.4 Å². The Kier molecular flexibility index (Phi) is 8.69. The fourth-order valence-corrected chi connectivity index (χ4v) is 2.98. The highest BCUT2D eigenvalue weighted by molar-refractivity contribution is 5.74. The van der Waals surface area contributed by atoms with Gasteiger partial charge in [-0.05, 0) is 42.6 Å². The molecule has 2 atom stereocenters. The first-order chi connectivity index (χ1) is 13.2. The molecule has 1 amide bonds. The van der Waals surface area contributed by atoms with Crippen molar-refractivity contribution in [3.63, 3.8) is 0 Å². The van der Waals surface area contributed by atoms with Gasteiger partial charge in [0.1, 0.15) is 12.6 Å². The van der Waals surface area contributed by atoms with Crippen LogP contribution in [0, 0.1) is 10.8 Å². The fraction of sp³-hybridized carbons (Fsp3) is 0.652. The fourth-order valence-electron chi connectivity index (χ4n) is 2.98. The number of rotatable bonds is 9. The van der Waals surface area contributed by atoms with Crippen molar-refractivity contribution >= 4 is 12.1 Å². The molecule has 29 heavy (non-hydrogen) atoms. The van der Waals surface area contributed by atoms with Gasteiger partial charge in [-0.15, -0.1) is 0 Å². The van der Waals surface area contributed by atoms with Crippen LogP contribution in [-0.4, -0.2) is 28.9 Å². The smallest absolute Gasteiger partial charge is 0.408 e. The zero-order chi connectivity index (χ0) is 22.3. The van der Waals surface area contributed by atoms with Crippen molar-refractivity contribution in [1.82, 2.24) is 10.6 Å². The molecule has 0 bridgehead atoms. The summed E-state index contributed by atoms with van der Waals surface area (Å²) in [5, 5.41) is 15.8. The lowest BCUT2D eigenvalue weighted by atomic mass is 9.85. The summed E-state index contributed by atoms with van der Waals surface area (Å²) in [4.78, 5) is 24.3. The average Bonchev–Trinajstić information content (AvgIpc) is 2.57. The summed E-state index contributed by atoms with van der Waals surface area (Å²) in [5.74, 6) is -0.929. The van der Waals surface area contributed by atoms with E-state index in [9.17, 15) is 14.7 Å². The molecule has 6 heteroatoms. The van der Waals surface area contributed by atoms with Gasteiger partial charge in [0, 0.05) is 0 Å². The van der Waals surface area contributed by atoms with E-state index >= 15 is 0 Å². The number of aliphatic carboxylic acids is 1. The summed E-state index contributed by atoms with van der Waals surface area (Å²) in [7, 11) is 0. The van der Waals surface area contributed by atoms with E-state index < -0.39 is 23.8 Å². The number of hydrogen-bond acceptors (Lipinski definition) is 4. The van der Waals surface area contributed by atoms with Crippen LogP contribution in [0.25, 0.3) is 0 Å². The predicted molar refractivity (Wildman–Crippen MR) is 115 cm³/mol. The molecule has 0 fully saturated rings. The number of hydrogen-bond donors (Lipinski definition) is 3. The maximum absolute atomic E-state index is 12.5. The van der Waals surface area contributed by atoms with Crippen LogP contribution in [0.3, 0.4) is 0 Å². The lowest BCUT2D eigenvalue weighted by Crippen LogP contribution is -2.62. The van der Waals surface area contributed by atoms with Crippen LogP contribution in [0.15, 0.2) is 30.3 Å². The van der Waals surface area contributed by atoms with E-state index in [0.29, 0.717) is 12.8 Å². The number of carboxylic acids is 1. The second-order valence-corrected chi connectivity index (χ2v) is 10.4. The SMILES string of the molecule is CC(C)(C)CC[C@](C)(NC(=O)OCc1ccccc1)N[C@@H](CC(C)(C)C)C(=O)O. The predicted octanol–water partition coefficient (Wildman–Crippen LogP) is 4.93. The minimum Gasteiger partial charge on any atom is -0.480 e. The highest BCUT2D eigenvalue weighted by Crippen LogP contribution is 2.27. The maximum Gasteiger partial charge on any atom is 0.408 e. The molecule has 0 saturated heterocycles. The zero-order valence-electron chi connectivity index (χ0n) is 19.0. The Hall–Kier alpha value is -2.08. The van der Waals surface area contributed by atoms with Crippen LogP contribution in [0.2, 0.25) is 0 Å². The molecule has 0 aliphatic rings. The highest BCUT2D eigenvalue weighted by atomic mass is 16.5. The molecular formula is C23H38N2O4. The molecule has 6 nitrogen and oxygen atoms in total. The Balaban J connectivity index is 2.88. The van der Waals surface area contributed by atoms with Gasteiger partial charge in [0.2, 0.25) is 0 Å². The normalized spacial score (nSPS) is 15.3. The van der Waals surface area contributed by atoms with E-state index in [1.807, 2.05) is 58.0 Å². The molecule has 0 aliphatic carbocycles. The molecule has 0 aliphatic heterocycles. The van der Waals surface area contributed by atoms with E-state index in [1.54, 1.807) is 0 Å². The van der Waals surface area contributed by atoms with E-state index in [4.69, 9.17) is 4.74 Å². The summed E-state index contributed by atoms with van der Waals surface area (Å²) in [6.45, 7) is 14.3. The number of benzene rings is 1. The van der Waals surface area contributed by atoms with Gasteiger partial charge < -0.3 is 15.2 Å². The summed E-state index contributed by atoms with van der Waals surface area (Å²) in [6, 6.07) is 8.65. The lowest BCUT2D eigenvalue weighted by Gasteiger charge is -2.37. The van der Waals surface area contributed by atoms with Crippen LogP contribution in [-0.2, 0) is 16.1 Å². The van der Waals surface area contributed by atoms with Crippen molar-refractivity contribution in [3.8, 4) is 0 Å². The van der Waals surface area contributed by atoms with Crippen LogP contribution < -0.4 is 10.6 Å². The molecule has 0 spiro atoms. The first kappa shape index (κ1) is 25.0. The third-order valence-corrected chi connectivity index (χ3v) is 4.57. The standard InChI is InChI=1S/C23H38N2O4/c1-21(2,3)13-14-23(7,24-18(19(26)27)15-22(4,5)6)25-20(28)29-16-17-11-9-8-10-12-17/h8-12,18,24H,13-16H2,1-7H3,(H,25,28)(H,26,27)/t18-,23-/m0/s1. The van der Waals surface area contributed by atoms with Gasteiger partial charge >= 0.3 is 12.1 Å². The number of carbonyl (C=O) groups excluding carboxylic acids is 1. The van der Waals surface area contributed by atoms with Crippen molar-refractivity contribution < 1.29 is 19.4 Å². The minimum absolute atomic E-state index is 0.0430. The van der Waals surface area contributed by atoms with E-state index in [-0.39, 0.29) is 17.4 Å². The molecule has 1 aromatic carbocycles. The first-order valence-electron chi connectivity index (χ1n) is 10.2. The van der Waals surface area contributed by atoms with Crippen LogP contribution in [0.5, 0.6) is 0 Å². The molecule has 164 valence electrons. The molecule has 0 aromatic heterocycles. The highest BCUT2D eigenvalue weighted by Gasteiger charge is 2.35. The molecule has 0 unspecified atom stereocenters. The van der Waals surface area contributed by atoms with E-state index in [1.165, 1.54) is 0 Å². The van der Waals surface area contributed by atoms with Gasteiger partial charge in [0.15, 0.2) is 0 Å². The van der Waals surface area contributed by atoms with Crippen molar-refractivity contribution in [3.05, 3.63) is 35.9 Å². The Morgan fingerprint density at radius 3 is 2.03 bits per heavy atom. The Morgan fingerprint density at radius 1 is 0.966 bits per heavy atom. The van der Waals surface area contributed by atoms with Gasteiger partial charge in [-0.1, -0.05) is 71.9 Å². The summed E-state index contributed by atoms with van der Waals surface area (Å²) in [6.07, 6.45) is 1.24. The number of nitrogens with one attached hydrogen (secondary N) is 2. The number of carboxylic acid groups (broad SMARTS) is 1. The topological polar surface area (TPSA) is 87.7 Å². The second-order valence-electron chi connectivity index (χ2n) is 10.4. The lowest BCUT2D eigenvalue weighted by molar-refractivity contribution is -0.141. The summed E-state index contributed by atoms with van der Waals surface area (Å²) in [5.41, 5.74) is -0.144. The van der Waals surface area contributed by atoms with Crippen molar-refractivity contribution in [2.45, 2.75) is 86.0 Å². The van der Waals surface area contributed by atoms with Crippen molar-refractivity contribution in [2.75, 3.05) is 0 Å². The zero-order valence-corrected chi connectivity index (χ0v) is 19.0. The molecule has 0 radical (unpaired) electrons. The van der Waals surface area contributed by atoms with Crippen LogP contribution >= 0.6 is 0 Å². The van der Waals surface area contributed by atoms with Crippen LogP contribution in [0.4, 0.5) is 4.79 Å². The van der Waals surface area contributed by atoms with Gasteiger partial charge in [-0.3, -0.25) is 10.1 Å². The average molecular weight is 407 g/mol. The monoisotopic (exact) mass is 406 g/mol. The van der Waals surface area contributed by atoms with Crippen molar-refractivity contribution in [1.29, 1.82) is 0 Å². The third kappa shape index (κ3) is 10.9. The largest absolute Gasteiger partial charge is 0.480 e. The molecule has 0 heterocycles. The maximum atomic E-state index is 12.5. The Bertz CT molecular complexity index is 662. The first-order valence-corrected chi connectivity index (χ1v) is 10.2. The van der Waals surface area contributed by atoms with Crippen LogP contribution in [0.1, 0.15) is 73.3 Å². The van der Waals surface area contributed by atoms with Crippen molar-refractivity contribution in [2.24, 2.45) is 10.8 Å².